The SMILES string of the molecule is CCOCC(=O)NC1CCCCC1Cc1ccccc1. The normalized spacial score (nSPS) is 22.4. The molecule has 1 amide bonds. The molecule has 20 heavy (non-hydrogen) atoms. The number of hydrogen-bond acceptors (Lipinski definition) is 2. The zero-order chi connectivity index (χ0) is 14.2. The van der Waals surface area contributed by atoms with Crippen LogP contribution in [0.1, 0.15) is 38.2 Å². The molecule has 0 heterocycles. The van der Waals surface area contributed by atoms with Gasteiger partial charge >= 0.3 is 0 Å². The summed E-state index contributed by atoms with van der Waals surface area (Å²) in [5, 5.41) is 3.16. The monoisotopic (exact) mass is 275 g/mol. The Kier molecular flexibility index (Phi) is 6.06. The molecule has 1 aromatic carbocycles. The summed E-state index contributed by atoms with van der Waals surface area (Å²) in [4.78, 5) is 11.8. The highest BCUT2D eigenvalue weighted by atomic mass is 16.5. The van der Waals surface area contributed by atoms with Gasteiger partial charge in [-0.3, -0.25) is 4.79 Å². The lowest BCUT2D eigenvalue weighted by Gasteiger charge is -2.32. The topological polar surface area (TPSA) is 38.3 Å². The van der Waals surface area contributed by atoms with Crippen LogP contribution in [0.3, 0.4) is 0 Å². The molecule has 0 aliphatic heterocycles. The third-order valence-corrected chi connectivity index (χ3v) is 4.03. The second-order valence-electron chi connectivity index (χ2n) is 5.55. The van der Waals surface area contributed by atoms with Gasteiger partial charge in [0, 0.05) is 12.6 Å². The van der Waals surface area contributed by atoms with Crippen molar-refractivity contribution in [1.29, 1.82) is 0 Å². The van der Waals surface area contributed by atoms with Gasteiger partial charge in [-0.1, -0.05) is 43.2 Å². The number of nitrogens with one attached hydrogen (secondary N) is 1. The van der Waals surface area contributed by atoms with Gasteiger partial charge in [-0.25, -0.2) is 0 Å². The summed E-state index contributed by atoms with van der Waals surface area (Å²) in [5.41, 5.74) is 1.36. The Labute approximate surface area is 121 Å². The Bertz CT molecular complexity index is 405. The van der Waals surface area contributed by atoms with Crippen molar-refractivity contribution in [3.63, 3.8) is 0 Å². The van der Waals surface area contributed by atoms with Gasteiger partial charge in [-0.15, -0.1) is 0 Å². The molecule has 110 valence electrons. The quantitative estimate of drug-likeness (QED) is 0.867. The van der Waals surface area contributed by atoms with Gasteiger partial charge in [0.25, 0.3) is 0 Å². The maximum absolute atomic E-state index is 11.8. The molecule has 1 saturated carbocycles. The summed E-state index contributed by atoms with van der Waals surface area (Å²) in [7, 11) is 0. The van der Waals surface area contributed by atoms with Crippen molar-refractivity contribution < 1.29 is 9.53 Å². The molecule has 0 saturated heterocycles. The zero-order valence-electron chi connectivity index (χ0n) is 12.3. The largest absolute Gasteiger partial charge is 0.372 e. The first-order valence-corrected chi connectivity index (χ1v) is 7.70. The van der Waals surface area contributed by atoms with Gasteiger partial charge in [-0.2, -0.15) is 0 Å². The fourth-order valence-electron chi connectivity index (χ4n) is 3.00. The molecular formula is C17H25NO2. The average Bonchev–Trinajstić information content (AvgIpc) is 2.48. The van der Waals surface area contributed by atoms with E-state index in [4.69, 9.17) is 4.74 Å². The van der Waals surface area contributed by atoms with Crippen LogP contribution in [0.2, 0.25) is 0 Å². The lowest BCUT2D eigenvalue weighted by atomic mass is 9.80. The molecule has 1 aliphatic rings. The van der Waals surface area contributed by atoms with E-state index in [2.05, 4.69) is 29.6 Å². The third kappa shape index (κ3) is 4.64. The fourth-order valence-corrected chi connectivity index (χ4v) is 3.00. The molecule has 2 rings (SSSR count). The first kappa shape index (κ1) is 15.0. The highest BCUT2D eigenvalue weighted by Gasteiger charge is 2.26. The Balaban J connectivity index is 1.90. The number of rotatable bonds is 6. The van der Waals surface area contributed by atoms with Crippen molar-refractivity contribution in [2.75, 3.05) is 13.2 Å². The standard InChI is InChI=1S/C17H25NO2/c1-2-20-13-17(19)18-16-11-7-6-10-15(16)12-14-8-4-3-5-9-14/h3-5,8-9,15-16H,2,6-7,10-13H2,1H3,(H,18,19). The molecule has 3 heteroatoms. The first-order chi connectivity index (χ1) is 9.79. The van der Waals surface area contributed by atoms with Crippen LogP contribution < -0.4 is 5.32 Å². The lowest BCUT2D eigenvalue weighted by Crippen LogP contribution is -2.44. The van der Waals surface area contributed by atoms with Crippen LogP contribution in [0, 0.1) is 5.92 Å². The van der Waals surface area contributed by atoms with Crippen molar-refractivity contribution in [3.8, 4) is 0 Å². The second kappa shape index (κ2) is 8.05. The summed E-state index contributed by atoms with van der Waals surface area (Å²) in [6.07, 6.45) is 5.84. The summed E-state index contributed by atoms with van der Waals surface area (Å²) < 4.78 is 5.18. The predicted octanol–water partition coefficient (Wildman–Crippen LogP) is 2.94. The Morgan fingerprint density at radius 1 is 1.25 bits per heavy atom. The Morgan fingerprint density at radius 3 is 2.75 bits per heavy atom. The molecule has 0 bridgehead atoms. The molecule has 1 aromatic rings. The number of ether oxygens (including phenoxy) is 1. The van der Waals surface area contributed by atoms with E-state index in [0.717, 1.165) is 12.8 Å². The predicted molar refractivity (Wildman–Crippen MR) is 80.5 cm³/mol. The summed E-state index contributed by atoms with van der Waals surface area (Å²) in [6.45, 7) is 2.68. The van der Waals surface area contributed by atoms with Crippen LogP contribution in [0.25, 0.3) is 0 Å². The van der Waals surface area contributed by atoms with Crippen LogP contribution in [0.5, 0.6) is 0 Å². The van der Waals surface area contributed by atoms with E-state index >= 15 is 0 Å². The van der Waals surface area contributed by atoms with Crippen LogP contribution in [0.15, 0.2) is 30.3 Å². The maximum Gasteiger partial charge on any atom is 0.246 e. The molecule has 2 unspecified atom stereocenters. The van der Waals surface area contributed by atoms with Crippen LogP contribution in [-0.4, -0.2) is 25.2 Å². The molecule has 0 radical (unpaired) electrons. The van der Waals surface area contributed by atoms with Gasteiger partial charge in [0.2, 0.25) is 5.91 Å². The summed E-state index contributed by atoms with van der Waals surface area (Å²) in [6, 6.07) is 10.9. The molecular weight excluding hydrogens is 250 g/mol. The summed E-state index contributed by atoms with van der Waals surface area (Å²) >= 11 is 0. The van der Waals surface area contributed by atoms with E-state index in [1.165, 1.54) is 24.8 Å². The molecule has 2 atom stereocenters. The van der Waals surface area contributed by atoms with E-state index < -0.39 is 0 Å². The van der Waals surface area contributed by atoms with Gasteiger partial charge < -0.3 is 10.1 Å². The highest BCUT2D eigenvalue weighted by Crippen LogP contribution is 2.27. The molecule has 1 N–H and O–H groups in total. The maximum atomic E-state index is 11.8. The van der Waals surface area contributed by atoms with Crippen molar-refractivity contribution in [3.05, 3.63) is 35.9 Å². The summed E-state index contributed by atoms with van der Waals surface area (Å²) in [5.74, 6) is 0.577. The minimum absolute atomic E-state index is 0.0248. The lowest BCUT2D eigenvalue weighted by molar-refractivity contribution is -0.126. The third-order valence-electron chi connectivity index (χ3n) is 4.03. The molecule has 3 nitrogen and oxygen atoms in total. The molecule has 0 aromatic heterocycles. The van der Waals surface area contributed by atoms with E-state index in [9.17, 15) is 4.79 Å². The van der Waals surface area contributed by atoms with Gasteiger partial charge in [0.15, 0.2) is 0 Å². The van der Waals surface area contributed by atoms with Gasteiger partial charge in [0.05, 0.1) is 0 Å². The molecule has 1 aliphatic carbocycles. The van der Waals surface area contributed by atoms with Crippen LogP contribution >= 0.6 is 0 Å². The van der Waals surface area contributed by atoms with Crippen molar-refractivity contribution >= 4 is 5.91 Å². The molecule has 0 spiro atoms. The van der Waals surface area contributed by atoms with Crippen molar-refractivity contribution in [1.82, 2.24) is 5.32 Å². The number of carbonyl (C=O) groups is 1. The van der Waals surface area contributed by atoms with Gasteiger partial charge in [-0.05, 0) is 37.7 Å². The van der Waals surface area contributed by atoms with Gasteiger partial charge in [0.1, 0.15) is 6.61 Å². The number of carbonyl (C=O) groups excluding carboxylic acids is 1. The smallest absolute Gasteiger partial charge is 0.246 e. The number of amides is 1. The first-order valence-electron chi connectivity index (χ1n) is 7.70. The van der Waals surface area contributed by atoms with Crippen molar-refractivity contribution in [2.24, 2.45) is 5.92 Å². The minimum Gasteiger partial charge on any atom is -0.372 e. The number of benzene rings is 1. The average molecular weight is 275 g/mol. The van der Waals surface area contributed by atoms with E-state index in [0.29, 0.717) is 18.6 Å². The minimum atomic E-state index is 0.0248. The zero-order valence-corrected chi connectivity index (χ0v) is 12.3. The number of hydrogen-bond donors (Lipinski definition) is 1. The Morgan fingerprint density at radius 2 is 2.00 bits per heavy atom. The van der Waals surface area contributed by atoms with E-state index in [-0.39, 0.29) is 12.5 Å². The second-order valence-corrected chi connectivity index (χ2v) is 5.55. The van der Waals surface area contributed by atoms with E-state index in [1.54, 1.807) is 0 Å². The Hall–Kier alpha value is -1.35. The fraction of sp³-hybridized carbons (Fsp3) is 0.588. The highest BCUT2D eigenvalue weighted by molar-refractivity contribution is 5.77. The van der Waals surface area contributed by atoms with Crippen LogP contribution in [-0.2, 0) is 16.0 Å². The van der Waals surface area contributed by atoms with Crippen molar-refractivity contribution in [2.45, 2.75) is 45.1 Å². The molecule has 1 fully saturated rings. The van der Waals surface area contributed by atoms with E-state index in [1.807, 2.05) is 13.0 Å². The van der Waals surface area contributed by atoms with Crippen LogP contribution in [0.4, 0.5) is 0 Å².